The number of carbonyl (C=O) groups is 2. The van der Waals surface area contributed by atoms with Crippen molar-refractivity contribution in [3.63, 3.8) is 0 Å². The number of rotatable bonds is 9. The summed E-state index contributed by atoms with van der Waals surface area (Å²) < 4.78 is 7.06. The average Bonchev–Trinajstić information content (AvgIpc) is 3.27. The number of ketones is 1. The first kappa shape index (κ1) is 29.7. The molecule has 0 saturated heterocycles. The predicted molar refractivity (Wildman–Crippen MR) is 165 cm³/mol. The van der Waals surface area contributed by atoms with E-state index in [-0.39, 0.29) is 11.8 Å². The molecular weight excluding hydrogens is 524 g/mol. The molecule has 3 unspecified atom stereocenters. The lowest BCUT2D eigenvalue weighted by Gasteiger charge is -2.24. The van der Waals surface area contributed by atoms with E-state index in [1.807, 2.05) is 29.8 Å². The number of nitrogens with zero attached hydrogens (tertiary/aromatic N) is 3. The SMILES string of the molecule is COCCNC(=O)c1ccc2nn(CC3CCCC(C(=O)C4=CC=C(C5=CC=C(C#N)CC5C)CC4)CC3)cc2c1C. The highest BCUT2D eigenvalue weighted by atomic mass is 16.5. The normalized spacial score (nSPS) is 22.8. The highest BCUT2D eigenvalue weighted by Crippen LogP contribution is 2.37. The van der Waals surface area contributed by atoms with Crippen LogP contribution in [0.3, 0.4) is 0 Å². The van der Waals surface area contributed by atoms with Crippen LogP contribution in [0.25, 0.3) is 10.9 Å². The van der Waals surface area contributed by atoms with E-state index in [1.165, 1.54) is 11.1 Å². The van der Waals surface area contributed by atoms with E-state index in [0.29, 0.717) is 36.3 Å². The van der Waals surface area contributed by atoms with Crippen molar-refractivity contribution in [3.8, 4) is 6.07 Å². The number of fused-ring (bicyclic) bond motifs is 1. The molecule has 1 N–H and O–H groups in total. The second-order valence-corrected chi connectivity index (χ2v) is 12.1. The average molecular weight is 567 g/mol. The first-order valence-corrected chi connectivity index (χ1v) is 15.4. The third kappa shape index (κ3) is 6.65. The molecule has 2 aromatic rings. The van der Waals surface area contributed by atoms with Gasteiger partial charge in [0, 0.05) is 48.8 Å². The minimum atomic E-state index is -0.0922. The summed E-state index contributed by atoms with van der Waals surface area (Å²) in [4.78, 5) is 26.1. The van der Waals surface area contributed by atoms with Crippen molar-refractivity contribution >= 4 is 22.6 Å². The molecule has 0 bridgehead atoms. The van der Waals surface area contributed by atoms with Crippen molar-refractivity contribution < 1.29 is 14.3 Å². The van der Waals surface area contributed by atoms with E-state index in [9.17, 15) is 14.9 Å². The van der Waals surface area contributed by atoms with Crippen LogP contribution in [0.2, 0.25) is 0 Å². The lowest BCUT2D eigenvalue weighted by Crippen LogP contribution is -2.27. The molecule has 220 valence electrons. The van der Waals surface area contributed by atoms with Crippen molar-refractivity contribution in [1.82, 2.24) is 15.1 Å². The van der Waals surface area contributed by atoms with Crippen molar-refractivity contribution in [2.24, 2.45) is 17.8 Å². The molecule has 7 nitrogen and oxygen atoms in total. The van der Waals surface area contributed by atoms with Gasteiger partial charge in [0.1, 0.15) is 0 Å². The summed E-state index contributed by atoms with van der Waals surface area (Å²) in [6, 6.07) is 6.06. The number of benzene rings is 1. The molecule has 0 aliphatic heterocycles. The van der Waals surface area contributed by atoms with Gasteiger partial charge in [0.2, 0.25) is 0 Å². The molecule has 3 aliphatic carbocycles. The Morgan fingerprint density at radius 2 is 1.98 bits per heavy atom. The Hall–Kier alpha value is -3.76. The van der Waals surface area contributed by atoms with Crippen molar-refractivity contribution in [2.75, 3.05) is 20.3 Å². The third-order valence-electron chi connectivity index (χ3n) is 9.25. The number of amides is 1. The zero-order valence-corrected chi connectivity index (χ0v) is 25.1. The summed E-state index contributed by atoms with van der Waals surface area (Å²) in [5, 5.41) is 17.9. The van der Waals surface area contributed by atoms with Gasteiger partial charge in [0.05, 0.1) is 18.2 Å². The molecule has 3 aliphatic rings. The van der Waals surface area contributed by atoms with Gasteiger partial charge in [-0.15, -0.1) is 0 Å². The quantitative estimate of drug-likeness (QED) is 0.274. The molecule has 1 aromatic carbocycles. The highest BCUT2D eigenvalue weighted by molar-refractivity contribution is 6.00. The standard InChI is InChI=1S/C35H42N4O3/c1-23-19-26(20-36)8-14-30(23)27-10-12-29(13-11-27)34(40)28-6-4-5-25(7-9-28)21-39-22-32-24(2)31(15-16-33(32)38-39)35(41)37-17-18-42-3/h8,10,12,14-16,22-23,25,28H,4-7,9,11,13,17-19,21H2,1-3H3,(H,37,41). The predicted octanol–water partition coefficient (Wildman–Crippen LogP) is 6.55. The smallest absolute Gasteiger partial charge is 0.251 e. The lowest BCUT2D eigenvalue weighted by molar-refractivity contribution is -0.119. The van der Waals surface area contributed by atoms with E-state index in [2.05, 4.69) is 42.7 Å². The fourth-order valence-electron chi connectivity index (χ4n) is 6.78. The highest BCUT2D eigenvalue weighted by Gasteiger charge is 2.28. The van der Waals surface area contributed by atoms with Gasteiger partial charge >= 0.3 is 0 Å². The Bertz CT molecular complexity index is 1520. The van der Waals surface area contributed by atoms with E-state index in [1.54, 1.807) is 7.11 Å². The molecule has 3 atom stereocenters. The first-order valence-electron chi connectivity index (χ1n) is 15.4. The van der Waals surface area contributed by atoms with Crippen LogP contribution < -0.4 is 5.32 Å². The van der Waals surface area contributed by atoms with Gasteiger partial charge in [-0.3, -0.25) is 14.3 Å². The van der Waals surface area contributed by atoms with Crippen LogP contribution in [0.15, 0.2) is 64.9 Å². The van der Waals surface area contributed by atoms with Crippen LogP contribution in [0, 0.1) is 36.0 Å². The van der Waals surface area contributed by atoms with Crippen molar-refractivity contribution in [2.45, 2.75) is 71.8 Å². The van der Waals surface area contributed by atoms with Gasteiger partial charge in [-0.2, -0.15) is 10.4 Å². The minimum absolute atomic E-state index is 0.0922. The van der Waals surface area contributed by atoms with Crippen LogP contribution in [0.5, 0.6) is 0 Å². The second kappa shape index (κ2) is 13.5. The van der Waals surface area contributed by atoms with E-state index in [4.69, 9.17) is 9.84 Å². The number of hydrogen-bond donors (Lipinski definition) is 1. The van der Waals surface area contributed by atoms with Gasteiger partial charge in [-0.25, -0.2) is 0 Å². The number of nitriles is 1. The van der Waals surface area contributed by atoms with Crippen LogP contribution in [0.1, 0.15) is 74.2 Å². The number of carbonyl (C=O) groups excluding carboxylic acids is 2. The van der Waals surface area contributed by atoms with E-state index >= 15 is 0 Å². The molecule has 5 rings (SSSR count). The van der Waals surface area contributed by atoms with Crippen LogP contribution in [-0.2, 0) is 16.1 Å². The number of nitrogens with one attached hydrogen (secondary N) is 1. The fraction of sp³-hybridized carbons (Fsp3) is 0.486. The van der Waals surface area contributed by atoms with E-state index < -0.39 is 0 Å². The maximum atomic E-state index is 13.5. The maximum absolute atomic E-state index is 13.5. The Kier molecular flexibility index (Phi) is 9.54. The third-order valence-corrected chi connectivity index (χ3v) is 9.25. The maximum Gasteiger partial charge on any atom is 0.251 e. The van der Waals surface area contributed by atoms with Gasteiger partial charge in [-0.1, -0.05) is 31.6 Å². The Morgan fingerprint density at radius 3 is 2.71 bits per heavy atom. The minimum Gasteiger partial charge on any atom is -0.383 e. The van der Waals surface area contributed by atoms with Gasteiger partial charge < -0.3 is 10.1 Å². The molecule has 1 fully saturated rings. The van der Waals surface area contributed by atoms with Crippen LogP contribution >= 0.6 is 0 Å². The summed E-state index contributed by atoms with van der Waals surface area (Å²) in [6.45, 7) is 5.95. The number of hydrogen-bond acceptors (Lipinski definition) is 5. The van der Waals surface area contributed by atoms with Crippen LogP contribution in [-0.4, -0.2) is 41.7 Å². The van der Waals surface area contributed by atoms with Gasteiger partial charge in [-0.05, 0) is 104 Å². The summed E-state index contributed by atoms with van der Waals surface area (Å²) in [5.74, 6) is 1.16. The topological polar surface area (TPSA) is 97.0 Å². The van der Waals surface area contributed by atoms with Gasteiger partial charge in [0.25, 0.3) is 5.91 Å². The van der Waals surface area contributed by atoms with Crippen LogP contribution in [0.4, 0.5) is 0 Å². The molecule has 42 heavy (non-hydrogen) atoms. The molecule has 0 radical (unpaired) electrons. The Morgan fingerprint density at radius 1 is 1.12 bits per heavy atom. The van der Waals surface area contributed by atoms with Gasteiger partial charge in [0.15, 0.2) is 5.78 Å². The summed E-state index contributed by atoms with van der Waals surface area (Å²) >= 11 is 0. The number of Topliss-reactive ketones (excluding diaryl/α,β-unsaturated/α-hetero) is 1. The molecule has 0 spiro atoms. The molecule has 1 aromatic heterocycles. The molecule has 1 saturated carbocycles. The number of allylic oxidation sites excluding steroid dienone is 8. The molecule has 7 heteroatoms. The summed E-state index contributed by atoms with van der Waals surface area (Å²) in [7, 11) is 1.62. The second-order valence-electron chi connectivity index (χ2n) is 12.1. The Balaban J connectivity index is 1.19. The van der Waals surface area contributed by atoms with Crippen molar-refractivity contribution in [1.29, 1.82) is 5.26 Å². The largest absolute Gasteiger partial charge is 0.383 e. The number of aromatic nitrogens is 2. The first-order chi connectivity index (χ1) is 20.4. The molecule has 1 heterocycles. The monoisotopic (exact) mass is 566 g/mol. The zero-order chi connectivity index (χ0) is 29.6. The lowest BCUT2D eigenvalue weighted by atomic mass is 9.79. The molecule has 1 amide bonds. The van der Waals surface area contributed by atoms with E-state index in [0.717, 1.165) is 85.5 Å². The summed E-state index contributed by atoms with van der Waals surface area (Å²) in [5.41, 5.74) is 6.92. The number of aryl methyl sites for hydroxylation is 1. The zero-order valence-electron chi connectivity index (χ0n) is 25.1. The summed E-state index contributed by atoms with van der Waals surface area (Å²) in [6.07, 6.45) is 17.8. The molecular formula is C35H42N4O3. The number of ether oxygens (including phenoxy) is 1. The number of methoxy groups -OCH3 is 1. The fourth-order valence-corrected chi connectivity index (χ4v) is 6.78. The van der Waals surface area contributed by atoms with Crippen molar-refractivity contribution in [3.05, 3.63) is 76.1 Å². The Labute approximate surface area is 249 Å².